The molecule has 0 saturated heterocycles. The molecule has 0 bridgehead atoms. The molecule has 178 valence electrons. The van der Waals surface area contributed by atoms with Crippen molar-refractivity contribution in [3.8, 4) is 5.75 Å². The van der Waals surface area contributed by atoms with Crippen molar-refractivity contribution in [2.45, 2.75) is 12.5 Å². The Morgan fingerprint density at radius 1 is 1.12 bits per heavy atom. The van der Waals surface area contributed by atoms with Crippen molar-refractivity contribution in [1.29, 1.82) is 0 Å². The van der Waals surface area contributed by atoms with Crippen molar-refractivity contribution in [3.63, 3.8) is 0 Å². The number of para-hydroxylation sites is 1. The Labute approximate surface area is 202 Å². The van der Waals surface area contributed by atoms with E-state index in [-0.39, 0.29) is 37.2 Å². The lowest BCUT2D eigenvalue weighted by molar-refractivity contribution is -0.135. The lowest BCUT2D eigenvalue weighted by Crippen LogP contribution is -2.48. The Bertz CT molecular complexity index is 1120. The predicted octanol–water partition coefficient (Wildman–Crippen LogP) is 4.18. The molecule has 8 heteroatoms. The molecule has 34 heavy (non-hydrogen) atoms. The van der Waals surface area contributed by atoms with E-state index in [9.17, 15) is 14.0 Å². The van der Waals surface area contributed by atoms with Gasteiger partial charge in [-0.15, -0.1) is 11.3 Å². The number of fused-ring (bicyclic) bond motifs is 1. The third-order valence-electron chi connectivity index (χ3n) is 5.85. The topological polar surface area (TPSA) is 59.1 Å². The molecule has 2 amide bonds. The minimum absolute atomic E-state index is 0.0610. The van der Waals surface area contributed by atoms with Gasteiger partial charge in [-0.2, -0.15) is 0 Å². The van der Waals surface area contributed by atoms with E-state index in [0.29, 0.717) is 13.2 Å². The van der Waals surface area contributed by atoms with Crippen LogP contribution in [0.4, 0.5) is 4.39 Å². The second-order valence-corrected chi connectivity index (χ2v) is 8.98. The summed E-state index contributed by atoms with van der Waals surface area (Å²) in [4.78, 5) is 30.9. The van der Waals surface area contributed by atoms with Crippen molar-refractivity contribution >= 4 is 23.2 Å². The van der Waals surface area contributed by atoms with Crippen molar-refractivity contribution in [3.05, 3.63) is 87.9 Å². The van der Waals surface area contributed by atoms with E-state index in [1.54, 1.807) is 22.3 Å². The molecule has 1 aliphatic rings. The van der Waals surface area contributed by atoms with E-state index in [1.165, 1.54) is 35.1 Å². The summed E-state index contributed by atoms with van der Waals surface area (Å²) < 4.78 is 25.4. The maximum atomic E-state index is 14.3. The van der Waals surface area contributed by atoms with Crippen LogP contribution in [0.1, 0.15) is 26.8 Å². The Morgan fingerprint density at radius 3 is 2.65 bits per heavy atom. The van der Waals surface area contributed by atoms with Gasteiger partial charge in [0.2, 0.25) is 5.91 Å². The van der Waals surface area contributed by atoms with Gasteiger partial charge in [0.25, 0.3) is 5.91 Å². The Balaban J connectivity index is 1.53. The number of ether oxygens (including phenoxy) is 2. The monoisotopic (exact) mass is 482 g/mol. The third-order valence-corrected chi connectivity index (χ3v) is 6.85. The SMILES string of the molecule is COCCN(CC(=O)N1CCc2sccc2[C@@H]1COc1ccccc1)C(=O)c1ccccc1F. The molecule has 0 spiro atoms. The summed E-state index contributed by atoms with van der Waals surface area (Å²) in [5, 5.41) is 2.03. The normalized spacial score (nSPS) is 15.0. The zero-order valence-electron chi connectivity index (χ0n) is 19.0. The highest BCUT2D eigenvalue weighted by atomic mass is 32.1. The van der Waals surface area contributed by atoms with E-state index in [1.807, 2.05) is 41.8 Å². The molecule has 2 heterocycles. The number of halogens is 1. The van der Waals surface area contributed by atoms with Crippen molar-refractivity contribution in [1.82, 2.24) is 9.80 Å². The number of thiophene rings is 1. The molecule has 4 rings (SSSR count). The molecule has 1 atom stereocenters. The molecular formula is C26H27FN2O4S. The molecule has 0 radical (unpaired) electrons. The average molecular weight is 483 g/mol. The largest absolute Gasteiger partial charge is 0.491 e. The maximum Gasteiger partial charge on any atom is 0.257 e. The summed E-state index contributed by atoms with van der Waals surface area (Å²) in [5.41, 5.74) is 1.01. The molecule has 0 N–H and O–H groups in total. The molecule has 1 aliphatic heterocycles. The summed E-state index contributed by atoms with van der Waals surface area (Å²) in [6, 6.07) is 17.0. The molecule has 0 saturated carbocycles. The van der Waals surface area contributed by atoms with Gasteiger partial charge in [0, 0.05) is 25.1 Å². The highest BCUT2D eigenvalue weighted by Gasteiger charge is 2.34. The van der Waals surface area contributed by atoms with Gasteiger partial charge >= 0.3 is 0 Å². The number of rotatable bonds is 9. The molecule has 3 aromatic rings. The Hall–Kier alpha value is -3.23. The number of carbonyl (C=O) groups is 2. The Kier molecular flexibility index (Phi) is 7.92. The first kappa shape index (κ1) is 23.9. The van der Waals surface area contributed by atoms with Gasteiger partial charge in [0.15, 0.2) is 0 Å². The van der Waals surface area contributed by atoms with Crippen molar-refractivity contribution in [2.24, 2.45) is 0 Å². The highest BCUT2D eigenvalue weighted by Crippen LogP contribution is 2.34. The van der Waals surface area contributed by atoms with E-state index < -0.39 is 11.7 Å². The fourth-order valence-corrected chi connectivity index (χ4v) is 5.01. The molecule has 0 fully saturated rings. The van der Waals surface area contributed by atoms with Crippen LogP contribution in [0.25, 0.3) is 0 Å². The quantitative estimate of drug-likeness (QED) is 0.459. The standard InChI is InChI=1S/C26H27FN2O4S/c1-32-15-14-28(26(31)20-9-5-6-10-22(20)27)17-25(30)29-13-11-24-21(12-16-34-24)23(29)18-33-19-7-3-2-4-8-19/h2-10,12,16,23H,11,13-15,17-18H2,1H3/t23-/m0/s1. The van der Waals surface area contributed by atoms with Crippen LogP contribution >= 0.6 is 11.3 Å². The number of nitrogens with zero attached hydrogens (tertiary/aromatic N) is 2. The van der Waals surface area contributed by atoms with E-state index in [0.717, 1.165) is 17.7 Å². The summed E-state index contributed by atoms with van der Waals surface area (Å²) in [5.74, 6) is -0.626. The summed E-state index contributed by atoms with van der Waals surface area (Å²) in [6.45, 7) is 1.08. The van der Waals surface area contributed by atoms with Crippen LogP contribution in [0, 0.1) is 5.82 Å². The predicted molar refractivity (Wildman–Crippen MR) is 129 cm³/mol. The molecule has 0 aliphatic carbocycles. The second kappa shape index (κ2) is 11.3. The fraction of sp³-hybridized carbons (Fsp3) is 0.308. The van der Waals surface area contributed by atoms with Crippen LogP contribution in [0.5, 0.6) is 5.75 Å². The van der Waals surface area contributed by atoms with Gasteiger partial charge in [-0.05, 0) is 47.7 Å². The lowest BCUT2D eigenvalue weighted by Gasteiger charge is -2.37. The van der Waals surface area contributed by atoms with Crippen molar-refractivity contribution in [2.75, 3.05) is 40.0 Å². The smallest absolute Gasteiger partial charge is 0.257 e. The van der Waals surface area contributed by atoms with E-state index in [4.69, 9.17) is 9.47 Å². The van der Waals surface area contributed by atoms with Crippen LogP contribution in [0.3, 0.4) is 0 Å². The molecule has 1 aromatic heterocycles. The number of amides is 2. The average Bonchev–Trinajstić information content (AvgIpc) is 3.34. The summed E-state index contributed by atoms with van der Waals surface area (Å²) in [7, 11) is 1.52. The molecular weight excluding hydrogens is 455 g/mol. The number of benzene rings is 2. The second-order valence-electron chi connectivity index (χ2n) is 7.98. The van der Waals surface area contributed by atoms with Gasteiger partial charge in [-0.1, -0.05) is 30.3 Å². The van der Waals surface area contributed by atoms with E-state index >= 15 is 0 Å². The fourth-order valence-electron chi connectivity index (χ4n) is 4.08. The van der Waals surface area contributed by atoms with Gasteiger partial charge < -0.3 is 19.3 Å². The van der Waals surface area contributed by atoms with Crippen LogP contribution < -0.4 is 4.74 Å². The van der Waals surface area contributed by atoms with Gasteiger partial charge in [-0.25, -0.2) is 4.39 Å². The lowest BCUT2D eigenvalue weighted by atomic mass is 10.0. The summed E-state index contributed by atoms with van der Waals surface area (Å²) >= 11 is 1.68. The Morgan fingerprint density at radius 2 is 1.88 bits per heavy atom. The van der Waals surface area contributed by atoms with Gasteiger partial charge in [-0.3, -0.25) is 9.59 Å². The van der Waals surface area contributed by atoms with E-state index in [2.05, 4.69) is 0 Å². The maximum absolute atomic E-state index is 14.3. The number of methoxy groups -OCH3 is 1. The molecule has 0 unspecified atom stereocenters. The number of hydrogen-bond acceptors (Lipinski definition) is 5. The van der Waals surface area contributed by atoms with Gasteiger partial charge in [0.1, 0.15) is 24.7 Å². The first-order valence-electron chi connectivity index (χ1n) is 11.1. The first-order chi connectivity index (χ1) is 16.6. The number of carbonyl (C=O) groups excluding carboxylic acids is 2. The zero-order valence-corrected chi connectivity index (χ0v) is 19.8. The van der Waals surface area contributed by atoms with Crippen molar-refractivity contribution < 1.29 is 23.5 Å². The molecule has 2 aromatic carbocycles. The minimum atomic E-state index is -0.614. The van der Waals surface area contributed by atoms with Crippen LogP contribution in [0.2, 0.25) is 0 Å². The molecule has 6 nitrogen and oxygen atoms in total. The van der Waals surface area contributed by atoms with Gasteiger partial charge in [0.05, 0.1) is 18.2 Å². The highest BCUT2D eigenvalue weighted by molar-refractivity contribution is 7.10. The van der Waals surface area contributed by atoms with Crippen LogP contribution in [0.15, 0.2) is 66.0 Å². The van der Waals surface area contributed by atoms with Crippen LogP contribution in [-0.2, 0) is 16.0 Å². The zero-order chi connectivity index (χ0) is 23.9. The third kappa shape index (κ3) is 5.46. The summed E-state index contributed by atoms with van der Waals surface area (Å²) in [6.07, 6.45) is 0.750. The number of hydrogen-bond donors (Lipinski definition) is 0. The van der Waals surface area contributed by atoms with Crippen LogP contribution in [-0.4, -0.2) is 61.6 Å². The minimum Gasteiger partial charge on any atom is -0.491 e. The first-order valence-corrected chi connectivity index (χ1v) is 12.0.